The highest BCUT2D eigenvalue weighted by atomic mass is 127. The third kappa shape index (κ3) is 3.53. The van der Waals surface area contributed by atoms with Gasteiger partial charge in [0.15, 0.2) is 12.4 Å². The van der Waals surface area contributed by atoms with Crippen LogP contribution in [0, 0.1) is 9.39 Å². The molecule has 0 aliphatic heterocycles. The number of hydrogen-bond acceptors (Lipinski definition) is 2. The number of carbonyl (C=O) groups is 1. The first kappa shape index (κ1) is 13.0. The van der Waals surface area contributed by atoms with Gasteiger partial charge in [0.25, 0.3) is 0 Å². The first-order chi connectivity index (χ1) is 8.65. The zero-order valence-corrected chi connectivity index (χ0v) is 11.6. The average Bonchev–Trinajstić information content (AvgIpc) is 2.38. The van der Waals surface area contributed by atoms with Gasteiger partial charge in [-0.1, -0.05) is 12.1 Å². The first-order valence-electron chi connectivity index (χ1n) is 5.32. The van der Waals surface area contributed by atoms with Crippen LogP contribution in [0.25, 0.3) is 0 Å². The Morgan fingerprint density at radius 2 is 1.67 bits per heavy atom. The molecular formula is C14H10FIO2. The Bertz CT molecular complexity index is 535. The number of benzene rings is 2. The second-order valence-electron chi connectivity index (χ2n) is 3.67. The zero-order chi connectivity index (χ0) is 13.0. The van der Waals surface area contributed by atoms with Crippen LogP contribution >= 0.6 is 22.6 Å². The maximum atomic E-state index is 12.7. The van der Waals surface area contributed by atoms with Crippen LogP contribution < -0.4 is 4.74 Å². The van der Waals surface area contributed by atoms with Crippen LogP contribution in [0.2, 0.25) is 0 Å². The summed E-state index contributed by atoms with van der Waals surface area (Å²) in [6, 6.07) is 12.8. The van der Waals surface area contributed by atoms with Gasteiger partial charge in [0.05, 0.1) is 0 Å². The molecule has 0 saturated carbocycles. The van der Waals surface area contributed by atoms with Gasteiger partial charge >= 0.3 is 0 Å². The van der Waals surface area contributed by atoms with E-state index in [1.165, 1.54) is 24.3 Å². The predicted octanol–water partition coefficient (Wildman–Crippen LogP) is 3.69. The minimum absolute atomic E-state index is 0.0494. The summed E-state index contributed by atoms with van der Waals surface area (Å²) in [4.78, 5) is 11.8. The van der Waals surface area contributed by atoms with Crippen LogP contribution in [0.5, 0.6) is 5.75 Å². The van der Waals surface area contributed by atoms with E-state index < -0.39 is 0 Å². The molecule has 0 aliphatic carbocycles. The standard InChI is InChI=1S/C14H10FIO2/c15-11-3-7-13(8-4-11)18-9-14(17)10-1-5-12(16)6-2-10/h1-8H,9H2. The van der Waals surface area contributed by atoms with E-state index in [2.05, 4.69) is 22.6 Å². The van der Waals surface area contributed by atoms with Crippen molar-refractivity contribution in [2.75, 3.05) is 6.61 Å². The van der Waals surface area contributed by atoms with Crippen molar-refractivity contribution in [3.05, 3.63) is 63.5 Å². The number of hydrogen-bond donors (Lipinski definition) is 0. The van der Waals surface area contributed by atoms with Gasteiger partial charge in [0.2, 0.25) is 0 Å². The molecule has 0 unspecified atom stereocenters. The van der Waals surface area contributed by atoms with E-state index in [1.54, 1.807) is 12.1 Å². The molecule has 4 heteroatoms. The highest BCUT2D eigenvalue weighted by Crippen LogP contribution is 2.12. The van der Waals surface area contributed by atoms with Crippen LogP contribution in [0.4, 0.5) is 4.39 Å². The number of carbonyl (C=O) groups excluding carboxylic acids is 1. The second kappa shape index (κ2) is 5.95. The van der Waals surface area contributed by atoms with Crippen LogP contribution in [0.1, 0.15) is 10.4 Å². The van der Waals surface area contributed by atoms with Crippen molar-refractivity contribution >= 4 is 28.4 Å². The van der Waals surface area contributed by atoms with Gasteiger partial charge < -0.3 is 4.74 Å². The van der Waals surface area contributed by atoms with Gasteiger partial charge in [-0.15, -0.1) is 0 Å². The number of ketones is 1. The fourth-order valence-electron chi connectivity index (χ4n) is 1.40. The Morgan fingerprint density at radius 1 is 1.06 bits per heavy atom. The molecule has 2 aromatic carbocycles. The maximum Gasteiger partial charge on any atom is 0.200 e. The van der Waals surface area contributed by atoms with Crippen molar-refractivity contribution < 1.29 is 13.9 Å². The summed E-state index contributed by atoms with van der Waals surface area (Å²) in [6.07, 6.45) is 0. The Kier molecular flexibility index (Phi) is 4.30. The smallest absolute Gasteiger partial charge is 0.200 e. The van der Waals surface area contributed by atoms with Crippen LogP contribution in [-0.2, 0) is 0 Å². The van der Waals surface area contributed by atoms with E-state index in [4.69, 9.17) is 4.74 Å². The van der Waals surface area contributed by atoms with E-state index in [1.807, 2.05) is 12.1 Å². The summed E-state index contributed by atoms with van der Waals surface area (Å²) in [5.74, 6) is 0.0531. The molecule has 2 aromatic rings. The number of halogens is 2. The van der Waals surface area contributed by atoms with Crippen LogP contribution in [0.15, 0.2) is 48.5 Å². The molecule has 0 heterocycles. The van der Waals surface area contributed by atoms with E-state index in [9.17, 15) is 9.18 Å². The van der Waals surface area contributed by atoms with Crippen LogP contribution in [0.3, 0.4) is 0 Å². The molecule has 0 aliphatic rings. The molecule has 0 aromatic heterocycles. The van der Waals surface area contributed by atoms with E-state index in [0.29, 0.717) is 11.3 Å². The topological polar surface area (TPSA) is 26.3 Å². The molecule has 0 bridgehead atoms. The largest absolute Gasteiger partial charge is 0.485 e. The van der Waals surface area contributed by atoms with Crippen molar-refractivity contribution in [3.63, 3.8) is 0 Å². The molecule has 0 N–H and O–H groups in total. The summed E-state index contributed by atoms with van der Waals surface area (Å²) < 4.78 is 19.0. The maximum absolute atomic E-state index is 12.7. The minimum atomic E-state index is -0.327. The lowest BCUT2D eigenvalue weighted by molar-refractivity contribution is 0.0921. The Labute approximate surface area is 118 Å². The van der Waals surface area contributed by atoms with Crippen molar-refractivity contribution in [3.8, 4) is 5.75 Å². The van der Waals surface area contributed by atoms with Crippen molar-refractivity contribution in [2.45, 2.75) is 0 Å². The molecule has 92 valence electrons. The second-order valence-corrected chi connectivity index (χ2v) is 4.92. The Morgan fingerprint density at radius 3 is 2.28 bits per heavy atom. The molecule has 18 heavy (non-hydrogen) atoms. The number of Topliss-reactive ketones (excluding diaryl/α,β-unsaturated/α-hetero) is 1. The quantitative estimate of drug-likeness (QED) is 0.617. The SMILES string of the molecule is O=C(COc1ccc(F)cc1)c1ccc(I)cc1. The highest BCUT2D eigenvalue weighted by Gasteiger charge is 2.06. The zero-order valence-electron chi connectivity index (χ0n) is 9.40. The summed E-state index contributed by atoms with van der Waals surface area (Å²) in [5, 5.41) is 0. The molecule has 2 nitrogen and oxygen atoms in total. The summed E-state index contributed by atoms with van der Waals surface area (Å²) in [5.41, 5.74) is 0.609. The lowest BCUT2D eigenvalue weighted by Crippen LogP contribution is -2.11. The number of ether oxygens (including phenoxy) is 1. The van der Waals surface area contributed by atoms with Crippen molar-refractivity contribution in [1.29, 1.82) is 0 Å². The third-order valence-corrected chi connectivity index (χ3v) is 3.07. The van der Waals surface area contributed by atoms with E-state index in [0.717, 1.165) is 3.57 Å². The fourth-order valence-corrected chi connectivity index (χ4v) is 1.76. The van der Waals surface area contributed by atoms with Crippen molar-refractivity contribution in [1.82, 2.24) is 0 Å². The monoisotopic (exact) mass is 356 g/mol. The normalized spacial score (nSPS) is 10.1. The van der Waals surface area contributed by atoms with Gasteiger partial charge in [0.1, 0.15) is 11.6 Å². The Hall–Kier alpha value is -1.43. The van der Waals surface area contributed by atoms with E-state index >= 15 is 0 Å². The molecule has 0 radical (unpaired) electrons. The van der Waals surface area contributed by atoms with Gasteiger partial charge in [-0.2, -0.15) is 0 Å². The lowest BCUT2D eigenvalue weighted by atomic mass is 10.1. The molecule has 0 fully saturated rings. The van der Waals surface area contributed by atoms with E-state index in [-0.39, 0.29) is 18.2 Å². The molecule has 2 rings (SSSR count). The highest BCUT2D eigenvalue weighted by molar-refractivity contribution is 14.1. The van der Waals surface area contributed by atoms with Crippen LogP contribution in [-0.4, -0.2) is 12.4 Å². The summed E-state index contributed by atoms with van der Waals surface area (Å²) in [6.45, 7) is -0.0494. The van der Waals surface area contributed by atoms with Gasteiger partial charge in [-0.3, -0.25) is 4.79 Å². The Balaban J connectivity index is 1.96. The third-order valence-electron chi connectivity index (χ3n) is 2.35. The molecule has 0 saturated heterocycles. The average molecular weight is 356 g/mol. The van der Waals surface area contributed by atoms with Crippen molar-refractivity contribution in [2.24, 2.45) is 0 Å². The number of rotatable bonds is 4. The molecule has 0 amide bonds. The summed E-state index contributed by atoms with van der Waals surface area (Å²) >= 11 is 2.18. The first-order valence-corrected chi connectivity index (χ1v) is 6.40. The van der Waals surface area contributed by atoms with Gasteiger partial charge in [0, 0.05) is 9.13 Å². The lowest BCUT2D eigenvalue weighted by Gasteiger charge is -2.05. The van der Waals surface area contributed by atoms with Gasteiger partial charge in [-0.05, 0) is 59.0 Å². The summed E-state index contributed by atoms with van der Waals surface area (Å²) in [7, 11) is 0. The minimum Gasteiger partial charge on any atom is -0.485 e. The molecular weight excluding hydrogens is 346 g/mol. The molecule has 0 spiro atoms. The molecule has 0 atom stereocenters. The fraction of sp³-hybridized carbons (Fsp3) is 0.0714. The predicted molar refractivity (Wildman–Crippen MR) is 75.4 cm³/mol. The van der Waals surface area contributed by atoms with Gasteiger partial charge in [-0.25, -0.2) is 4.39 Å².